The average Bonchev–Trinajstić information content (AvgIpc) is 3.25. The average molecular weight is 446 g/mol. The molecule has 6 nitrogen and oxygen atoms in total. The molecule has 3 aliphatic heterocycles. The van der Waals surface area contributed by atoms with Crippen molar-refractivity contribution in [1.82, 2.24) is 20.4 Å². The normalized spacial score (nSPS) is 24.3. The van der Waals surface area contributed by atoms with Crippen LogP contribution in [0.1, 0.15) is 11.3 Å². The number of fused-ring (bicyclic) bond motifs is 3. The van der Waals surface area contributed by atoms with Crippen LogP contribution in [0.3, 0.4) is 0 Å². The van der Waals surface area contributed by atoms with Crippen molar-refractivity contribution in [3.05, 3.63) is 58.5 Å². The van der Waals surface area contributed by atoms with Gasteiger partial charge in [0, 0.05) is 62.7 Å². The van der Waals surface area contributed by atoms with Crippen LogP contribution in [0.15, 0.2) is 56.5 Å². The topological polar surface area (TPSA) is 56.0 Å². The number of nitrogens with zero attached hydrogens (tertiary/aromatic N) is 3. The van der Waals surface area contributed by atoms with E-state index in [4.69, 9.17) is 9.41 Å². The Bertz CT molecular complexity index is 754. The number of hydrogen-bond donors (Lipinski definition) is 2. The summed E-state index contributed by atoms with van der Waals surface area (Å²) in [5.74, 6) is 1.86. The molecule has 2 aromatic rings. The Hall–Kier alpha value is -1.83. The van der Waals surface area contributed by atoms with Gasteiger partial charge in [-0.05, 0) is 29.8 Å². The summed E-state index contributed by atoms with van der Waals surface area (Å²) in [4.78, 5) is 9.97. The molecule has 4 heterocycles. The molecule has 3 saturated heterocycles. The van der Waals surface area contributed by atoms with Crippen LogP contribution in [0.2, 0.25) is 0 Å². The highest BCUT2D eigenvalue weighted by atomic mass is 79.9. The molecule has 1 atom stereocenters. The van der Waals surface area contributed by atoms with Gasteiger partial charge >= 0.3 is 0 Å². The molecular formula is C21H28BrN5O. The van der Waals surface area contributed by atoms with Gasteiger partial charge in [-0.1, -0.05) is 28.1 Å². The number of halogens is 1. The third-order valence-electron chi connectivity index (χ3n) is 5.47. The molecule has 1 aromatic heterocycles. The van der Waals surface area contributed by atoms with Gasteiger partial charge < -0.3 is 15.1 Å². The molecule has 1 unspecified atom stereocenters. The van der Waals surface area contributed by atoms with Crippen molar-refractivity contribution in [3.63, 3.8) is 0 Å². The summed E-state index contributed by atoms with van der Waals surface area (Å²) in [6.07, 6.45) is 2.56. The third-order valence-corrected chi connectivity index (χ3v) is 6.00. The van der Waals surface area contributed by atoms with Crippen LogP contribution in [0.5, 0.6) is 0 Å². The second-order valence-electron chi connectivity index (χ2n) is 7.42. The van der Waals surface area contributed by atoms with Crippen molar-refractivity contribution in [2.75, 3.05) is 45.8 Å². The molecule has 2 bridgehead atoms. The Balaban J connectivity index is 1.34. The predicted octanol–water partition coefficient (Wildman–Crippen LogP) is 2.32. The summed E-state index contributed by atoms with van der Waals surface area (Å²) in [5.41, 5.74) is 1.20. The Morgan fingerprint density at radius 2 is 1.93 bits per heavy atom. The number of benzene rings is 1. The molecule has 28 heavy (non-hydrogen) atoms. The van der Waals surface area contributed by atoms with Crippen LogP contribution in [0.25, 0.3) is 0 Å². The van der Waals surface area contributed by atoms with Crippen LogP contribution in [-0.2, 0) is 13.0 Å². The molecule has 2 N–H and O–H groups in total. The Labute approximate surface area is 175 Å². The lowest BCUT2D eigenvalue weighted by molar-refractivity contribution is 0.0154. The van der Waals surface area contributed by atoms with E-state index in [-0.39, 0.29) is 0 Å². The van der Waals surface area contributed by atoms with Crippen LogP contribution in [0.4, 0.5) is 0 Å². The van der Waals surface area contributed by atoms with Gasteiger partial charge in [-0.3, -0.25) is 9.80 Å². The van der Waals surface area contributed by atoms with E-state index in [9.17, 15) is 0 Å². The summed E-state index contributed by atoms with van der Waals surface area (Å²) < 4.78 is 6.52. The summed E-state index contributed by atoms with van der Waals surface area (Å²) in [6.45, 7) is 8.31. The minimum absolute atomic E-state index is 0.562. The van der Waals surface area contributed by atoms with Gasteiger partial charge in [-0.25, -0.2) is 4.99 Å². The maximum Gasteiger partial charge on any atom is 0.191 e. The molecule has 3 aliphatic rings. The van der Waals surface area contributed by atoms with Gasteiger partial charge in [-0.2, -0.15) is 0 Å². The van der Waals surface area contributed by atoms with Gasteiger partial charge in [-0.15, -0.1) is 0 Å². The second kappa shape index (κ2) is 9.58. The first-order valence-electron chi connectivity index (χ1n) is 10.0. The van der Waals surface area contributed by atoms with Gasteiger partial charge in [0.25, 0.3) is 0 Å². The molecule has 5 rings (SSSR count). The van der Waals surface area contributed by atoms with Crippen molar-refractivity contribution >= 4 is 21.9 Å². The quantitative estimate of drug-likeness (QED) is 0.505. The Morgan fingerprint density at radius 3 is 2.61 bits per heavy atom. The van der Waals surface area contributed by atoms with Gasteiger partial charge in [0.1, 0.15) is 5.76 Å². The van der Waals surface area contributed by atoms with Crippen molar-refractivity contribution < 1.29 is 4.42 Å². The largest absolute Gasteiger partial charge is 0.469 e. The lowest BCUT2D eigenvalue weighted by Crippen LogP contribution is -2.63. The molecular weight excluding hydrogens is 418 g/mol. The van der Waals surface area contributed by atoms with E-state index in [1.807, 2.05) is 12.1 Å². The van der Waals surface area contributed by atoms with Crippen LogP contribution in [0, 0.1) is 0 Å². The number of hydrogen-bond acceptors (Lipinski definition) is 4. The minimum Gasteiger partial charge on any atom is -0.469 e. The zero-order valence-corrected chi connectivity index (χ0v) is 17.7. The summed E-state index contributed by atoms with van der Waals surface area (Å²) >= 11 is 3.49. The standard InChI is InChI=1S/C21H28BrN5O/c22-18-5-3-17(4-6-18)14-24-21(23-8-7-20-2-1-13-28-20)25-15-19-16-26-9-11-27(19)12-10-26/h1-6,13,19H,7-12,14-16H2,(H2,23,24,25). The van der Waals surface area contributed by atoms with Gasteiger partial charge in [0.15, 0.2) is 5.96 Å². The first-order valence-corrected chi connectivity index (χ1v) is 10.8. The number of rotatable bonds is 7. The number of aliphatic imine (C=N–C) groups is 1. The van der Waals surface area contributed by atoms with E-state index in [0.717, 1.165) is 42.2 Å². The van der Waals surface area contributed by atoms with E-state index in [0.29, 0.717) is 12.6 Å². The second-order valence-corrected chi connectivity index (χ2v) is 8.33. The van der Waals surface area contributed by atoms with Crippen LogP contribution in [-0.4, -0.2) is 67.6 Å². The maximum atomic E-state index is 5.43. The van der Waals surface area contributed by atoms with Crippen molar-refractivity contribution in [2.24, 2.45) is 4.99 Å². The molecule has 0 aliphatic carbocycles. The molecule has 0 radical (unpaired) electrons. The fourth-order valence-electron chi connectivity index (χ4n) is 3.83. The van der Waals surface area contributed by atoms with E-state index in [2.05, 4.69) is 60.6 Å². The van der Waals surface area contributed by atoms with Gasteiger partial charge in [0.2, 0.25) is 0 Å². The molecule has 150 valence electrons. The SMILES string of the molecule is Brc1ccc(CN=C(NCCc2ccco2)NCC2CN3CCN2CC3)cc1. The molecule has 3 fully saturated rings. The van der Waals surface area contributed by atoms with Gasteiger partial charge in [0.05, 0.1) is 12.8 Å². The highest BCUT2D eigenvalue weighted by molar-refractivity contribution is 9.10. The summed E-state index contributed by atoms with van der Waals surface area (Å²) in [7, 11) is 0. The Morgan fingerprint density at radius 1 is 1.11 bits per heavy atom. The third kappa shape index (κ3) is 5.37. The number of furan rings is 1. The zero-order valence-electron chi connectivity index (χ0n) is 16.1. The minimum atomic E-state index is 0.562. The van der Waals surface area contributed by atoms with Crippen LogP contribution < -0.4 is 10.6 Å². The maximum absolute atomic E-state index is 5.43. The lowest BCUT2D eigenvalue weighted by atomic mass is 10.1. The number of guanidine groups is 1. The zero-order chi connectivity index (χ0) is 19.2. The smallest absolute Gasteiger partial charge is 0.191 e. The Kier molecular flexibility index (Phi) is 6.67. The number of nitrogens with one attached hydrogen (secondary N) is 2. The first kappa shape index (κ1) is 19.5. The lowest BCUT2D eigenvalue weighted by Gasteiger charge is -2.47. The molecule has 0 spiro atoms. The van der Waals surface area contributed by atoms with E-state index < -0.39 is 0 Å². The highest BCUT2D eigenvalue weighted by Gasteiger charge is 2.31. The van der Waals surface area contributed by atoms with E-state index in [1.165, 1.54) is 31.7 Å². The predicted molar refractivity (Wildman–Crippen MR) is 115 cm³/mol. The van der Waals surface area contributed by atoms with Crippen LogP contribution >= 0.6 is 15.9 Å². The number of piperazine rings is 3. The van der Waals surface area contributed by atoms with E-state index in [1.54, 1.807) is 6.26 Å². The van der Waals surface area contributed by atoms with Crippen molar-refractivity contribution in [2.45, 2.75) is 19.0 Å². The van der Waals surface area contributed by atoms with Crippen molar-refractivity contribution in [3.8, 4) is 0 Å². The molecule has 0 saturated carbocycles. The molecule has 1 aromatic carbocycles. The highest BCUT2D eigenvalue weighted by Crippen LogP contribution is 2.15. The van der Waals surface area contributed by atoms with Crippen molar-refractivity contribution in [1.29, 1.82) is 0 Å². The monoisotopic (exact) mass is 445 g/mol. The molecule has 7 heteroatoms. The molecule has 0 amide bonds. The summed E-state index contributed by atoms with van der Waals surface area (Å²) in [5, 5.41) is 7.03. The first-order chi connectivity index (χ1) is 13.8. The van der Waals surface area contributed by atoms with E-state index >= 15 is 0 Å². The fraction of sp³-hybridized carbons (Fsp3) is 0.476. The fourth-order valence-corrected chi connectivity index (χ4v) is 4.09. The summed E-state index contributed by atoms with van der Waals surface area (Å²) in [6, 6.07) is 12.8.